The summed E-state index contributed by atoms with van der Waals surface area (Å²) in [5.74, 6) is 0. The highest BCUT2D eigenvalue weighted by Crippen LogP contribution is 2.05. The summed E-state index contributed by atoms with van der Waals surface area (Å²) in [7, 11) is 0. The van der Waals surface area contributed by atoms with Crippen LogP contribution in [-0.4, -0.2) is 36.6 Å². The Morgan fingerprint density at radius 1 is 1.64 bits per heavy atom. The van der Waals surface area contributed by atoms with E-state index in [0.29, 0.717) is 12.1 Å². The van der Waals surface area contributed by atoms with Crippen molar-refractivity contribution in [2.75, 3.05) is 19.6 Å². The smallest absolute Gasteiger partial charge is 0.0196 e. The largest absolute Gasteiger partial charge is 0.311 e. The lowest BCUT2D eigenvalue weighted by Crippen LogP contribution is -2.54. The molecule has 0 aromatic carbocycles. The van der Waals surface area contributed by atoms with Crippen molar-refractivity contribution in [1.82, 2.24) is 10.2 Å². The van der Waals surface area contributed by atoms with Crippen LogP contribution in [0.15, 0.2) is 12.7 Å². The molecule has 0 radical (unpaired) electrons. The van der Waals surface area contributed by atoms with Crippen molar-refractivity contribution in [2.45, 2.75) is 25.9 Å². The standard InChI is InChI=1S/C9H18N2/c1-4-5-11-7-8(2)10-6-9(11)3/h4,8-10H,1,5-7H2,2-3H3/t8-,9-/m1/s1. The summed E-state index contributed by atoms with van der Waals surface area (Å²) in [6.07, 6.45) is 1.98. The second-order valence-electron chi connectivity index (χ2n) is 3.40. The SMILES string of the molecule is C=CCN1C[C@@H](C)NC[C@H]1C. The molecule has 0 aromatic rings. The lowest BCUT2D eigenvalue weighted by atomic mass is 10.1. The van der Waals surface area contributed by atoms with Crippen LogP contribution in [0.3, 0.4) is 0 Å². The molecule has 0 unspecified atom stereocenters. The number of nitrogens with zero attached hydrogens (tertiary/aromatic N) is 1. The van der Waals surface area contributed by atoms with Crippen molar-refractivity contribution in [3.63, 3.8) is 0 Å². The summed E-state index contributed by atoms with van der Waals surface area (Å²) in [6, 6.07) is 1.29. The summed E-state index contributed by atoms with van der Waals surface area (Å²) >= 11 is 0. The third-order valence-electron chi connectivity index (χ3n) is 2.26. The average molecular weight is 154 g/mol. The van der Waals surface area contributed by atoms with Crippen molar-refractivity contribution in [3.05, 3.63) is 12.7 Å². The van der Waals surface area contributed by atoms with Crippen LogP contribution in [0.2, 0.25) is 0 Å². The zero-order valence-electron chi connectivity index (χ0n) is 7.51. The van der Waals surface area contributed by atoms with Crippen molar-refractivity contribution in [1.29, 1.82) is 0 Å². The number of piperazine rings is 1. The Kier molecular flexibility index (Phi) is 3.09. The van der Waals surface area contributed by atoms with E-state index in [-0.39, 0.29) is 0 Å². The molecule has 1 N–H and O–H groups in total. The molecule has 1 heterocycles. The fourth-order valence-electron chi connectivity index (χ4n) is 1.52. The molecule has 2 atom stereocenters. The molecule has 0 aromatic heterocycles. The predicted molar refractivity (Wildman–Crippen MR) is 48.7 cm³/mol. The van der Waals surface area contributed by atoms with Crippen LogP contribution in [0.25, 0.3) is 0 Å². The number of hydrogen-bond acceptors (Lipinski definition) is 2. The van der Waals surface area contributed by atoms with Gasteiger partial charge in [-0.2, -0.15) is 0 Å². The van der Waals surface area contributed by atoms with Gasteiger partial charge in [0.1, 0.15) is 0 Å². The van der Waals surface area contributed by atoms with Gasteiger partial charge in [0, 0.05) is 31.7 Å². The number of nitrogens with one attached hydrogen (secondary N) is 1. The monoisotopic (exact) mass is 154 g/mol. The van der Waals surface area contributed by atoms with E-state index >= 15 is 0 Å². The minimum Gasteiger partial charge on any atom is -0.311 e. The Morgan fingerprint density at radius 3 is 3.00 bits per heavy atom. The second kappa shape index (κ2) is 3.88. The minimum atomic E-state index is 0.631. The van der Waals surface area contributed by atoms with Crippen LogP contribution in [0.4, 0.5) is 0 Å². The molecule has 1 aliphatic rings. The van der Waals surface area contributed by atoms with E-state index in [4.69, 9.17) is 0 Å². The molecule has 1 aliphatic heterocycles. The van der Waals surface area contributed by atoms with Crippen LogP contribution in [0, 0.1) is 0 Å². The minimum absolute atomic E-state index is 0.631. The molecule has 1 saturated heterocycles. The molecule has 1 fully saturated rings. The first kappa shape index (κ1) is 8.75. The quantitative estimate of drug-likeness (QED) is 0.593. The summed E-state index contributed by atoms with van der Waals surface area (Å²) in [6.45, 7) is 11.5. The zero-order valence-corrected chi connectivity index (χ0v) is 7.51. The van der Waals surface area contributed by atoms with Gasteiger partial charge in [-0.15, -0.1) is 6.58 Å². The first-order chi connectivity index (χ1) is 5.24. The first-order valence-electron chi connectivity index (χ1n) is 4.32. The van der Waals surface area contributed by atoms with E-state index in [1.807, 2.05) is 6.08 Å². The van der Waals surface area contributed by atoms with Gasteiger partial charge in [0.2, 0.25) is 0 Å². The Bertz CT molecular complexity index is 134. The Labute approximate surface area is 69.3 Å². The third kappa shape index (κ3) is 2.31. The van der Waals surface area contributed by atoms with E-state index < -0.39 is 0 Å². The zero-order chi connectivity index (χ0) is 8.27. The summed E-state index contributed by atoms with van der Waals surface area (Å²) < 4.78 is 0. The van der Waals surface area contributed by atoms with Crippen LogP contribution >= 0.6 is 0 Å². The molecule has 0 amide bonds. The maximum atomic E-state index is 3.75. The fourth-order valence-corrected chi connectivity index (χ4v) is 1.52. The van der Waals surface area contributed by atoms with Gasteiger partial charge in [-0.3, -0.25) is 4.90 Å². The maximum Gasteiger partial charge on any atom is 0.0196 e. The summed E-state index contributed by atoms with van der Waals surface area (Å²) in [5, 5.41) is 3.44. The molecule has 11 heavy (non-hydrogen) atoms. The van der Waals surface area contributed by atoms with Gasteiger partial charge in [-0.1, -0.05) is 6.08 Å². The first-order valence-corrected chi connectivity index (χ1v) is 4.32. The number of rotatable bonds is 2. The molecule has 64 valence electrons. The molecule has 2 heteroatoms. The fraction of sp³-hybridized carbons (Fsp3) is 0.778. The Morgan fingerprint density at radius 2 is 2.36 bits per heavy atom. The normalized spacial score (nSPS) is 33.6. The maximum absolute atomic E-state index is 3.75. The molecule has 0 aliphatic carbocycles. The highest BCUT2D eigenvalue weighted by atomic mass is 15.2. The summed E-state index contributed by atoms with van der Waals surface area (Å²) in [5.41, 5.74) is 0. The topological polar surface area (TPSA) is 15.3 Å². The molecule has 0 spiro atoms. The van der Waals surface area contributed by atoms with Crippen LogP contribution in [-0.2, 0) is 0 Å². The van der Waals surface area contributed by atoms with Gasteiger partial charge in [0.05, 0.1) is 0 Å². The molecule has 2 nitrogen and oxygen atoms in total. The lowest BCUT2D eigenvalue weighted by molar-refractivity contribution is 0.163. The van der Waals surface area contributed by atoms with Gasteiger partial charge < -0.3 is 5.32 Å². The molecular formula is C9H18N2. The van der Waals surface area contributed by atoms with Crippen molar-refractivity contribution < 1.29 is 0 Å². The Hall–Kier alpha value is -0.340. The van der Waals surface area contributed by atoms with Gasteiger partial charge in [-0.25, -0.2) is 0 Å². The van der Waals surface area contributed by atoms with E-state index in [1.54, 1.807) is 0 Å². The Balaban J connectivity index is 2.40. The van der Waals surface area contributed by atoms with Crippen molar-refractivity contribution in [2.24, 2.45) is 0 Å². The molecule has 0 bridgehead atoms. The van der Waals surface area contributed by atoms with Gasteiger partial charge in [-0.05, 0) is 13.8 Å². The van der Waals surface area contributed by atoms with Gasteiger partial charge >= 0.3 is 0 Å². The second-order valence-corrected chi connectivity index (χ2v) is 3.40. The van der Waals surface area contributed by atoms with Crippen LogP contribution in [0.5, 0.6) is 0 Å². The average Bonchev–Trinajstić information content (AvgIpc) is 1.98. The van der Waals surface area contributed by atoms with Crippen molar-refractivity contribution in [3.8, 4) is 0 Å². The highest BCUT2D eigenvalue weighted by Gasteiger charge is 2.20. The predicted octanol–water partition coefficient (Wildman–Crippen LogP) is 0.855. The van der Waals surface area contributed by atoms with E-state index in [9.17, 15) is 0 Å². The summed E-state index contributed by atoms with van der Waals surface area (Å²) in [4.78, 5) is 2.45. The van der Waals surface area contributed by atoms with Gasteiger partial charge in [0.15, 0.2) is 0 Å². The number of hydrogen-bond donors (Lipinski definition) is 1. The van der Waals surface area contributed by atoms with Crippen LogP contribution in [0.1, 0.15) is 13.8 Å². The third-order valence-corrected chi connectivity index (χ3v) is 2.26. The van der Waals surface area contributed by atoms with Gasteiger partial charge in [0.25, 0.3) is 0 Å². The van der Waals surface area contributed by atoms with Crippen LogP contribution < -0.4 is 5.32 Å². The lowest BCUT2D eigenvalue weighted by Gasteiger charge is -2.36. The molecular weight excluding hydrogens is 136 g/mol. The van der Waals surface area contributed by atoms with E-state index in [0.717, 1.165) is 19.6 Å². The molecule has 1 rings (SSSR count). The highest BCUT2D eigenvalue weighted by molar-refractivity contribution is 4.85. The van der Waals surface area contributed by atoms with Crippen molar-refractivity contribution >= 4 is 0 Å². The molecule has 0 saturated carbocycles. The van der Waals surface area contributed by atoms with E-state index in [2.05, 4.69) is 30.6 Å². The van der Waals surface area contributed by atoms with E-state index in [1.165, 1.54) is 0 Å².